The van der Waals surface area contributed by atoms with E-state index in [1.807, 2.05) is 6.92 Å². The summed E-state index contributed by atoms with van der Waals surface area (Å²) in [4.78, 5) is 5.21. The molecule has 2 aliphatic heterocycles. The van der Waals surface area contributed by atoms with Crippen LogP contribution in [0.5, 0.6) is 0 Å². The number of hydrogen-bond acceptors (Lipinski definition) is 4. The average Bonchev–Trinajstić information content (AvgIpc) is 2.38. The molecule has 0 amide bonds. The van der Waals surface area contributed by atoms with E-state index in [1.165, 1.54) is 45.4 Å². The highest BCUT2D eigenvalue weighted by Gasteiger charge is 2.29. The summed E-state index contributed by atoms with van der Waals surface area (Å²) in [7, 11) is 0. The van der Waals surface area contributed by atoms with Gasteiger partial charge in [-0.05, 0) is 26.3 Å². The second-order valence-corrected chi connectivity index (χ2v) is 5.26. The first kappa shape index (κ1) is 13.3. The summed E-state index contributed by atoms with van der Waals surface area (Å²) in [6, 6.07) is 0.789. The summed E-state index contributed by atoms with van der Waals surface area (Å²) in [5.41, 5.74) is 5.75. The minimum absolute atomic E-state index is 0.218. The summed E-state index contributed by atoms with van der Waals surface area (Å²) in [6.45, 7) is 9.39. The molecule has 0 aromatic rings. The molecule has 0 aromatic carbocycles. The van der Waals surface area contributed by atoms with Gasteiger partial charge in [0, 0.05) is 45.4 Å². The van der Waals surface area contributed by atoms with Gasteiger partial charge in [-0.15, -0.1) is 0 Å². The standard InChI is InChI=1S/C13H27N3O/c1-2-17-13(9-14)11-15-7-8-16-6-4-3-5-12(16)10-15/h12-13H,2-11,14H2,1H3. The van der Waals surface area contributed by atoms with E-state index in [4.69, 9.17) is 10.5 Å². The van der Waals surface area contributed by atoms with Crippen LogP contribution in [0.25, 0.3) is 0 Å². The molecule has 4 nitrogen and oxygen atoms in total. The lowest BCUT2D eigenvalue weighted by Gasteiger charge is -2.44. The third kappa shape index (κ3) is 3.65. The Morgan fingerprint density at radius 2 is 2.18 bits per heavy atom. The predicted molar refractivity (Wildman–Crippen MR) is 70.1 cm³/mol. The summed E-state index contributed by atoms with van der Waals surface area (Å²) in [6.07, 6.45) is 4.38. The maximum absolute atomic E-state index is 5.75. The molecule has 0 aliphatic carbocycles. The van der Waals surface area contributed by atoms with E-state index in [0.717, 1.165) is 19.2 Å². The Morgan fingerprint density at radius 3 is 2.94 bits per heavy atom. The Morgan fingerprint density at radius 1 is 1.29 bits per heavy atom. The van der Waals surface area contributed by atoms with Crippen LogP contribution in [0, 0.1) is 0 Å². The van der Waals surface area contributed by atoms with Crippen LogP contribution in [0.4, 0.5) is 0 Å². The van der Waals surface area contributed by atoms with Gasteiger partial charge in [0.15, 0.2) is 0 Å². The number of nitrogens with zero attached hydrogens (tertiary/aromatic N) is 2. The third-order valence-electron chi connectivity index (χ3n) is 4.05. The molecule has 0 spiro atoms. The topological polar surface area (TPSA) is 41.7 Å². The first-order valence-electron chi connectivity index (χ1n) is 7.11. The number of rotatable bonds is 5. The molecule has 0 radical (unpaired) electrons. The monoisotopic (exact) mass is 241 g/mol. The Hall–Kier alpha value is -0.160. The molecule has 0 aromatic heterocycles. The molecule has 2 rings (SSSR count). The molecule has 2 heterocycles. The molecular weight excluding hydrogens is 214 g/mol. The van der Waals surface area contributed by atoms with E-state index >= 15 is 0 Å². The van der Waals surface area contributed by atoms with Gasteiger partial charge in [-0.25, -0.2) is 0 Å². The molecule has 17 heavy (non-hydrogen) atoms. The smallest absolute Gasteiger partial charge is 0.0823 e. The lowest BCUT2D eigenvalue weighted by Crippen LogP contribution is -2.56. The summed E-state index contributed by atoms with van der Waals surface area (Å²) in [5, 5.41) is 0. The molecule has 2 unspecified atom stereocenters. The predicted octanol–water partition coefficient (Wildman–Crippen LogP) is 0.520. The molecule has 100 valence electrons. The number of ether oxygens (including phenoxy) is 1. The summed E-state index contributed by atoms with van der Waals surface area (Å²) < 4.78 is 5.65. The van der Waals surface area contributed by atoms with Gasteiger partial charge in [0.05, 0.1) is 6.10 Å². The van der Waals surface area contributed by atoms with Crippen LogP contribution in [0.1, 0.15) is 26.2 Å². The minimum Gasteiger partial charge on any atom is -0.376 e. The van der Waals surface area contributed by atoms with Crippen LogP contribution in [0.15, 0.2) is 0 Å². The van der Waals surface area contributed by atoms with Crippen molar-refractivity contribution in [3.63, 3.8) is 0 Å². The lowest BCUT2D eigenvalue weighted by molar-refractivity contribution is 0.000407. The zero-order valence-corrected chi connectivity index (χ0v) is 11.1. The van der Waals surface area contributed by atoms with Gasteiger partial charge >= 0.3 is 0 Å². The second kappa shape index (κ2) is 6.69. The fourth-order valence-corrected chi connectivity index (χ4v) is 3.11. The normalized spacial score (nSPS) is 28.9. The molecule has 2 saturated heterocycles. The maximum atomic E-state index is 5.75. The molecule has 2 N–H and O–H groups in total. The largest absolute Gasteiger partial charge is 0.376 e. The fraction of sp³-hybridized carbons (Fsp3) is 1.00. The van der Waals surface area contributed by atoms with E-state index < -0.39 is 0 Å². The number of nitrogens with two attached hydrogens (primary N) is 1. The SMILES string of the molecule is CCOC(CN)CN1CCN2CCCCC2C1. The van der Waals surface area contributed by atoms with E-state index in [9.17, 15) is 0 Å². The van der Waals surface area contributed by atoms with Crippen molar-refractivity contribution in [1.82, 2.24) is 9.80 Å². The molecular formula is C13H27N3O. The maximum Gasteiger partial charge on any atom is 0.0823 e. The number of piperazine rings is 1. The zero-order valence-electron chi connectivity index (χ0n) is 11.1. The van der Waals surface area contributed by atoms with Crippen molar-refractivity contribution in [2.75, 3.05) is 45.9 Å². The van der Waals surface area contributed by atoms with Gasteiger partial charge in [0.2, 0.25) is 0 Å². The highest BCUT2D eigenvalue weighted by Crippen LogP contribution is 2.21. The first-order chi connectivity index (χ1) is 8.33. The lowest BCUT2D eigenvalue weighted by atomic mass is 9.99. The quantitative estimate of drug-likeness (QED) is 0.762. The number of piperidine rings is 1. The molecule has 2 aliphatic rings. The minimum atomic E-state index is 0.218. The van der Waals surface area contributed by atoms with E-state index in [-0.39, 0.29) is 6.10 Å². The van der Waals surface area contributed by atoms with Crippen molar-refractivity contribution in [2.24, 2.45) is 5.73 Å². The summed E-state index contributed by atoms with van der Waals surface area (Å²) in [5.74, 6) is 0. The molecule has 2 fully saturated rings. The Bertz CT molecular complexity index is 223. The van der Waals surface area contributed by atoms with Gasteiger partial charge < -0.3 is 10.5 Å². The van der Waals surface area contributed by atoms with Gasteiger partial charge in [-0.1, -0.05) is 6.42 Å². The van der Waals surface area contributed by atoms with Gasteiger partial charge in [-0.3, -0.25) is 9.80 Å². The van der Waals surface area contributed by atoms with Crippen molar-refractivity contribution in [1.29, 1.82) is 0 Å². The zero-order chi connectivity index (χ0) is 12.1. The van der Waals surface area contributed by atoms with Crippen LogP contribution in [-0.2, 0) is 4.74 Å². The van der Waals surface area contributed by atoms with Crippen LogP contribution < -0.4 is 5.73 Å². The van der Waals surface area contributed by atoms with Crippen LogP contribution in [0.2, 0.25) is 0 Å². The second-order valence-electron chi connectivity index (χ2n) is 5.26. The molecule has 2 atom stereocenters. The van der Waals surface area contributed by atoms with Crippen molar-refractivity contribution in [3.8, 4) is 0 Å². The van der Waals surface area contributed by atoms with Crippen LogP contribution >= 0.6 is 0 Å². The molecule has 4 heteroatoms. The van der Waals surface area contributed by atoms with Crippen molar-refractivity contribution in [3.05, 3.63) is 0 Å². The number of hydrogen-bond donors (Lipinski definition) is 1. The van der Waals surface area contributed by atoms with Crippen LogP contribution in [-0.4, -0.2) is 67.8 Å². The first-order valence-corrected chi connectivity index (χ1v) is 7.11. The van der Waals surface area contributed by atoms with E-state index in [0.29, 0.717) is 6.54 Å². The van der Waals surface area contributed by atoms with E-state index in [1.54, 1.807) is 0 Å². The highest BCUT2D eigenvalue weighted by atomic mass is 16.5. The van der Waals surface area contributed by atoms with Gasteiger partial charge in [0.1, 0.15) is 0 Å². The molecule has 0 saturated carbocycles. The third-order valence-corrected chi connectivity index (χ3v) is 4.05. The molecule has 0 bridgehead atoms. The Labute approximate surface area is 105 Å². The van der Waals surface area contributed by atoms with Gasteiger partial charge in [-0.2, -0.15) is 0 Å². The Kier molecular flexibility index (Phi) is 5.22. The van der Waals surface area contributed by atoms with Gasteiger partial charge in [0.25, 0.3) is 0 Å². The highest BCUT2D eigenvalue weighted by molar-refractivity contribution is 4.86. The fourth-order valence-electron chi connectivity index (χ4n) is 3.11. The Balaban J connectivity index is 1.78. The van der Waals surface area contributed by atoms with E-state index in [2.05, 4.69) is 9.80 Å². The van der Waals surface area contributed by atoms with Crippen molar-refractivity contribution >= 4 is 0 Å². The average molecular weight is 241 g/mol. The number of fused-ring (bicyclic) bond motifs is 1. The van der Waals surface area contributed by atoms with Crippen molar-refractivity contribution < 1.29 is 4.74 Å². The van der Waals surface area contributed by atoms with Crippen LogP contribution in [0.3, 0.4) is 0 Å². The summed E-state index contributed by atoms with van der Waals surface area (Å²) >= 11 is 0. The van der Waals surface area contributed by atoms with Crippen molar-refractivity contribution in [2.45, 2.75) is 38.3 Å².